The smallest absolute Gasteiger partial charge is 0.164 e. The topological polar surface area (TPSA) is 65.0 Å². The van der Waals surface area contributed by atoms with Gasteiger partial charge in [0.1, 0.15) is 22.3 Å². The zero-order valence-corrected chi connectivity index (χ0v) is 30.0. The van der Waals surface area contributed by atoms with E-state index in [1.165, 1.54) is 36.5 Å². The third-order valence-corrected chi connectivity index (χ3v) is 11.8. The molecule has 12 rings (SSSR count). The molecule has 256 valence electrons. The lowest BCUT2D eigenvalue weighted by Gasteiger charge is -2.10. The van der Waals surface area contributed by atoms with Gasteiger partial charge in [-0.2, -0.15) is 0 Å². The van der Waals surface area contributed by atoms with Gasteiger partial charge in [0, 0.05) is 58.4 Å². The molecule has 4 heterocycles. The summed E-state index contributed by atoms with van der Waals surface area (Å²) in [7, 11) is 0. The molecular weight excluding hydrogens is 695 g/mol. The molecule has 0 bridgehead atoms. The lowest BCUT2D eigenvalue weighted by molar-refractivity contribution is 0.668. The monoisotopic (exact) mass is 721 g/mol. The van der Waals surface area contributed by atoms with Gasteiger partial charge in [0.15, 0.2) is 17.5 Å². The van der Waals surface area contributed by atoms with E-state index in [2.05, 4.69) is 91.0 Å². The van der Waals surface area contributed by atoms with Crippen molar-refractivity contribution in [1.82, 2.24) is 15.0 Å². The maximum Gasteiger partial charge on any atom is 0.164 e. The van der Waals surface area contributed by atoms with Crippen LogP contribution in [0.5, 0.6) is 0 Å². The number of hydrogen-bond acceptors (Lipinski definition) is 6. The number of fused-ring (bicyclic) bond motifs is 10. The fraction of sp³-hybridized carbons (Fsp3) is 0. The molecule has 55 heavy (non-hydrogen) atoms. The standard InChI is InChI=1S/C49H27N3O2S/c1-2-11-28(12-3-1)47-50-48(52-49(51-47)35-18-9-21-41-45(35)34-15-6-7-19-38(34)53-41)31-23-24-39-36(26-31)44-32(16-8-20-40(44)54-39)33-17-10-22-42-46(33)37-25-29-13-4-5-14-30(29)27-43(37)55-42/h1-27H. The zero-order chi connectivity index (χ0) is 36.0. The number of furan rings is 2. The Bertz CT molecular complexity index is 3510. The normalized spacial score (nSPS) is 12.0. The Hall–Kier alpha value is -7.15. The van der Waals surface area contributed by atoms with Gasteiger partial charge in [0.25, 0.3) is 0 Å². The molecule has 6 heteroatoms. The molecule has 8 aromatic carbocycles. The fourth-order valence-corrected chi connectivity index (χ4v) is 9.39. The Morgan fingerprint density at radius 3 is 1.76 bits per heavy atom. The number of benzene rings is 8. The molecule has 0 aliphatic rings. The first-order valence-electron chi connectivity index (χ1n) is 18.3. The lowest BCUT2D eigenvalue weighted by Crippen LogP contribution is -2.00. The van der Waals surface area contributed by atoms with Gasteiger partial charge in [-0.1, -0.05) is 109 Å². The first-order chi connectivity index (χ1) is 27.2. The maximum absolute atomic E-state index is 6.55. The average Bonchev–Trinajstić information content (AvgIpc) is 3.93. The van der Waals surface area contributed by atoms with Gasteiger partial charge >= 0.3 is 0 Å². The summed E-state index contributed by atoms with van der Waals surface area (Å²) in [5, 5.41) is 9.12. The van der Waals surface area contributed by atoms with Crippen molar-refractivity contribution in [2.45, 2.75) is 0 Å². The Morgan fingerprint density at radius 1 is 0.345 bits per heavy atom. The summed E-state index contributed by atoms with van der Waals surface area (Å²) in [5.41, 5.74) is 8.27. The number of aromatic nitrogens is 3. The van der Waals surface area contributed by atoms with Crippen LogP contribution in [0.4, 0.5) is 0 Å². The number of thiophene rings is 1. The summed E-state index contributed by atoms with van der Waals surface area (Å²) in [6, 6.07) is 56.8. The molecule has 4 aromatic heterocycles. The van der Waals surface area contributed by atoms with Crippen LogP contribution >= 0.6 is 11.3 Å². The van der Waals surface area contributed by atoms with E-state index in [9.17, 15) is 0 Å². The third kappa shape index (κ3) is 4.68. The molecule has 0 spiro atoms. The number of hydrogen-bond donors (Lipinski definition) is 0. The summed E-state index contributed by atoms with van der Waals surface area (Å²) in [6.45, 7) is 0. The summed E-state index contributed by atoms with van der Waals surface area (Å²) in [5.74, 6) is 1.77. The summed E-state index contributed by atoms with van der Waals surface area (Å²) in [4.78, 5) is 15.4. The van der Waals surface area contributed by atoms with Crippen molar-refractivity contribution < 1.29 is 8.83 Å². The Morgan fingerprint density at radius 2 is 0.945 bits per heavy atom. The second-order valence-electron chi connectivity index (χ2n) is 13.9. The number of para-hydroxylation sites is 1. The minimum Gasteiger partial charge on any atom is -0.456 e. The highest BCUT2D eigenvalue weighted by molar-refractivity contribution is 7.26. The van der Waals surface area contributed by atoms with Gasteiger partial charge in [-0.15, -0.1) is 11.3 Å². The predicted molar refractivity (Wildman–Crippen MR) is 227 cm³/mol. The lowest BCUT2D eigenvalue weighted by atomic mass is 9.94. The minimum absolute atomic E-state index is 0.584. The van der Waals surface area contributed by atoms with Crippen molar-refractivity contribution in [3.05, 3.63) is 164 Å². The maximum atomic E-state index is 6.55. The van der Waals surface area contributed by atoms with Crippen molar-refractivity contribution in [2.75, 3.05) is 0 Å². The minimum atomic E-state index is 0.584. The van der Waals surface area contributed by atoms with E-state index >= 15 is 0 Å². The first-order valence-corrected chi connectivity index (χ1v) is 19.1. The average molecular weight is 722 g/mol. The van der Waals surface area contributed by atoms with Gasteiger partial charge in [-0.25, -0.2) is 15.0 Å². The van der Waals surface area contributed by atoms with Gasteiger partial charge in [-0.05, 0) is 76.5 Å². The fourth-order valence-electron chi connectivity index (χ4n) is 8.23. The molecule has 0 aliphatic heterocycles. The Kier molecular flexibility index (Phi) is 6.44. The van der Waals surface area contributed by atoms with Gasteiger partial charge < -0.3 is 8.83 Å². The molecule has 0 aliphatic carbocycles. The summed E-state index contributed by atoms with van der Waals surface area (Å²) < 4.78 is 15.4. The molecule has 0 saturated carbocycles. The highest BCUT2D eigenvalue weighted by atomic mass is 32.1. The number of rotatable bonds is 4. The van der Waals surface area contributed by atoms with Crippen LogP contribution in [-0.4, -0.2) is 15.0 Å². The van der Waals surface area contributed by atoms with E-state index < -0.39 is 0 Å². The second kappa shape index (κ2) is 11.7. The van der Waals surface area contributed by atoms with Gasteiger partial charge in [-0.3, -0.25) is 0 Å². The molecule has 0 saturated heterocycles. The Balaban J connectivity index is 1.09. The Labute approximate surface area is 317 Å². The van der Waals surface area contributed by atoms with E-state index in [0.29, 0.717) is 17.5 Å². The van der Waals surface area contributed by atoms with Crippen LogP contribution in [-0.2, 0) is 0 Å². The molecule has 0 amide bonds. The molecule has 0 N–H and O–H groups in total. The third-order valence-electron chi connectivity index (χ3n) is 10.7. The van der Waals surface area contributed by atoms with Crippen LogP contribution in [0.25, 0.3) is 120 Å². The van der Waals surface area contributed by atoms with Crippen molar-refractivity contribution in [3.63, 3.8) is 0 Å². The molecule has 0 atom stereocenters. The summed E-state index contributed by atoms with van der Waals surface area (Å²) in [6.07, 6.45) is 0. The quantitative estimate of drug-likeness (QED) is 0.181. The SMILES string of the molecule is c1ccc(-c2nc(-c3ccc4oc5cccc(-c6cccc7sc8cc9ccccc9cc8c67)c5c4c3)nc(-c3cccc4oc5ccccc5c34)n2)cc1. The van der Waals surface area contributed by atoms with E-state index in [1.807, 2.05) is 84.1 Å². The molecule has 0 unspecified atom stereocenters. The van der Waals surface area contributed by atoms with E-state index in [-0.39, 0.29) is 0 Å². The van der Waals surface area contributed by atoms with Crippen molar-refractivity contribution in [2.24, 2.45) is 0 Å². The number of nitrogens with zero attached hydrogens (tertiary/aromatic N) is 3. The van der Waals surface area contributed by atoms with Crippen LogP contribution in [0.1, 0.15) is 0 Å². The molecule has 5 nitrogen and oxygen atoms in total. The highest BCUT2D eigenvalue weighted by Gasteiger charge is 2.21. The van der Waals surface area contributed by atoms with Crippen LogP contribution in [0, 0.1) is 0 Å². The van der Waals surface area contributed by atoms with E-state index in [0.717, 1.165) is 66.1 Å². The molecule has 12 aromatic rings. The molecule has 0 radical (unpaired) electrons. The van der Waals surface area contributed by atoms with Crippen molar-refractivity contribution in [3.8, 4) is 45.3 Å². The second-order valence-corrected chi connectivity index (χ2v) is 15.0. The van der Waals surface area contributed by atoms with Crippen molar-refractivity contribution in [1.29, 1.82) is 0 Å². The largest absolute Gasteiger partial charge is 0.456 e. The summed E-state index contributed by atoms with van der Waals surface area (Å²) >= 11 is 1.84. The van der Waals surface area contributed by atoms with Crippen LogP contribution in [0.3, 0.4) is 0 Å². The predicted octanol–water partition coefficient (Wildman–Crippen LogP) is 13.9. The van der Waals surface area contributed by atoms with Crippen LogP contribution in [0.15, 0.2) is 173 Å². The first kappa shape index (κ1) is 30.3. The zero-order valence-electron chi connectivity index (χ0n) is 29.2. The van der Waals surface area contributed by atoms with E-state index in [1.54, 1.807) is 0 Å². The highest BCUT2D eigenvalue weighted by Crippen LogP contribution is 2.45. The molecule has 0 fully saturated rings. The van der Waals surface area contributed by atoms with Crippen molar-refractivity contribution >= 4 is 86.2 Å². The van der Waals surface area contributed by atoms with Crippen LogP contribution in [0.2, 0.25) is 0 Å². The van der Waals surface area contributed by atoms with Gasteiger partial charge in [0.2, 0.25) is 0 Å². The molecular formula is C49H27N3O2S. The van der Waals surface area contributed by atoms with Crippen LogP contribution < -0.4 is 0 Å². The van der Waals surface area contributed by atoms with Gasteiger partial charge in [0.05, 0.1) is 0 Å². The van der Waals surface area contributed by atoms with E-state index in [4.69, 9.17) is 23.8 Å².